The maximum absolute atomic E-state index is 13.7. The van der Waals surface area contributed by atoms with Crippen molar-refractivity contribution in [1.29, 1.82) is 0 Å². The van der Waals surface area contributed by atoms with Crippen molar-refractivity contribution in [1.82, 2.24) is 0 Å². The van der Waals surface area contributed by atoms with E-state index in [1.807, 2.05) is 12.1 Å². The lowest BCUT2D eigenvalue weighted by Crippen LogP contribution is -2.24. The minimum absolute atomic E-state index is 0.272. The molecule has 1 aliphatic rings. The fourth-order valence-electron chi connectivity index (χ4n) is 2.45. The molecule has 0 saturated heterocycles. The summed E-state index contributed by atoms with van der Waals surface area (Å²) in [6.07, 6.45) is -0.151. The van der Waals surface area contributed by atoms with Crippen LogP contribution in [-0.2, 0) is 11.2 Å². The Morgan fingerprint density at radius 3 is 2.75 bits per heavy atom. The van der Waals surface area contributed by atoms with E-state index in [1.165, 1.54) is 12.1 Å². The van der Waals surface area contributed by atoms with E-state index in [1.54, 1.807) is 12.1 Å². The second kappa shape index (κ2) is 5.13. The van der Waals surface area contributed by atoms with Crippen molar-refractivity contribution in [2.75, 3.05) is 6.61 Å². The molecule has 2 nitrogen and oxygen atoms in total. The van der Waals surface area contributed by atoms with E-state index >= 15 is 0 Å². The van der Waals surface area contributed by atoms with Crippen molar-refractivity contribution in [2.24, 2.45) is 0 Å². The minimum Gasteiger partial charge on any atom is -0.365 e. The van der Waals surface area contributed by atoms with Crippen molar-refractivity contribution in [3.8, 4) is 0 Å². The molecule has 102 valence electrons. The van der Waals surface area contributed by atoms with Gasteiger partial charge < -0.3 is 4.74 Å². The maximum atomic E-state index is 13.7. The minimum atomic E-state index is -1.12. The van der Waals surface area contributed by atoms with Gasteiger partial charge in [0.1, 0.15) is 6.10 Å². The molecule has 2 aromatic rings. The molecule has 1 atom stereocenters. The van der Waals surface area contributed by atoms with Gasteiger partial charge in [0.15, 0.2) is 17.4 Å². The summed E-state index contributed by atoms with van der Waals surface area (Å²) < 4.78 is 32.4. The highest BCUT2D eigenvalue weighted by atomic mass is 19.2. The highest BCUT2D eigenvalue weighted by Crippen LogP contribution is 2.30. The quantitative estimate of drug-likeness (QED) is 0.784. The van der Waals surface area contributed by atoms with Gasteiger partial charge >= 0.3 is 0 Å². The summed E-state index contributed by atoms with van der Waals surface area (Å²) in [5, 5.41) is 0. The number of carbonyl (C=O) groups is 1. The largest absolute Gasteiger partial charge is 0.365 e. The van der Waals surface area contributed by atoms with Gasteiger partial charge in [0, 0.05) is 0 Å². The van der Waals surface area contributed by atoms with E-state index in [9.17, 15) is 13.6 Å². The van der Waals surface area contributed by atoms with Crippen LogP contribution in [0.3, 0.4) is 0 Å². The lowest BCUT2D eigenvalue weighted by Gasteiger charge is -2.25. The molecule has 20 heavy (non-hydrogen) atoms. The van der Waals surface area contributed by atoms with Gasteiger partial charge in [-0.3, -0.25) is 4.79 Å². The van der Waals surface area contributed by atoms with E-state index in [4.69, 9.17) is 4.74 Å². The number of rotatable bonds is 2. The van der Waals surface area contributed by atoms with Gasteiger partial charge in [0.2, 0.25) is 0 Å². The summed E-state index contributed by atoms with van der Waals surface area (Å²) in [6, 6.07) is 11.0. The SMILES string of the molecule is O=C(c1cccc(F)c1F)C1OCCc2ccccc21. The molecule has 1 aliphatic heterocycles. The zero-order chi connectivity index (χ0) is 14.1. The highest BCUT2D eigenvalue weighted by molar-refractivity contribution is 6.00. The van der Waals surface area contributed by atoms with Gasteiger partial charge in [-0.1, -0.05) is 30.3 Å². The molecule has 0 saturated carbocycles. The van der Waals surface area contributed by atoms with Crippen LogP contribution in [0.15, 0.2) is 42.5 Å². The first-order valence-corrected chi connectivity index (χ1v) is 6.36. The van der Waals surface area contributed by atoms with Gasteiger partial charge in [0.05, 0.1) is 12.2 Å². The van der Waals surface area contributed by atoms with Crippen LogP contribution in [0.1, 0.15) is 27.6 Å². The van der Waals surface area contributed by atoms with Crippen LogP contribution in [0.5, 0.6) is 0 Å². The van der Waals surface area contributed by atoms with Gasteiger partial charge in [-0.05, 0) is 29.7 Å². The molecule has 0 amide bonds. The standard InChI is InChI=1S/C16H12F2O2/c17-13-7-3-6-12(14(13)18)15(19)16-11-5-2-1-4-10(11)8-9-20-16/h1-7,16H,8-9H2. The Labute approximate surface area is 115 Å². The van der Waals surface area contributed by atoms with Crippen molar-refractivity contribution >= 4 is 5.78 Å². The molecule has 0 bridgehead atoms. The first-order chi connectivity index (χ1) is 9.68. The summed E-state index contributed by atoms with van der Waals surface area (Å²) in [4.78, 5) is 12.4. The lowest BCUT2D eigenvalue weighted by molar-refractivity contribution is 0.0345. The van der Waals surface area contributed by atoms with E-state index < -0.39 is 23.5 Å². The number of benzene rings is 2. The highest BCUT2D eigenvalue weighted by Gasteiger charge is 2.30. The Morgan fingerprint density at radius 1 is 1.10 bits per heavy atom. The van der Waals surface area contributed by atoms with Crippen molar-refractivity contribution in [3.05, 3.63) is 70.8 Å². The zero-order valence-electron chi connectivity index (χ0n) is 10.6. The van der Waals surface area contributed by atoms with Crippen LogP contribution in [0.4, 0.5) is 8.78 Å². The molecule has 0 N–H and O–H groups in total. The number of hydrogen-bond donors (Lipinski definition) is 0. The van der Waals surface area contributed by atoms with Gasteiger partial charge in [-0.2, -0.15) is 0 Å². The lowest BCUT2D eigenvalue weighted by atomic mass is 9.92. The van der Waals surface area contributed by atoms with Crippen LogP contribution >= 0.6 is 0 Å². The predicted molar refractivity (Wildman–Crippen MR) is 69.5 cm³/mol. The number of ketones is 1. The van der Waals surface area contributed by atoms with E-state index in [-0.39, 0.29) is 5.56 Å². The third kappa shape index (κ3) is 2.12. The zero-order valence-corrected chi connectivity index (χ0v) is 10.6. The normalized spacial score (nSPS) is 17.6. The number of hydrogen-bond acceptors (Lipinski definition) is 2. The third-order valence-corrected chi connectivity index (χ3v) is 3.45. The maximum Gasteiger partial charge on any atom is 0.199 e. The second-order valence-corrected chi connectivity index (χ2v) is 4.67. The van der Waals surface area contributed by atoms with Crippen molar-refractivity contribution in [3.63, 3.8) is 0 Å². The Bertz CT molecular complexity index is 667. The number of fused-ring (bicyclic) bond motifs is 1. The van der Waals surface area contributed by atoms with Crippen molar-refractivity contribution < 1.29 is 18.3 Å². The predicted octanol–water partition coefficient (Wildman–Crippen LogP) is 3.46. The van der Waals surface area contributed by atoms with Gasteiger partial charge in [-0.25, -0.2) is 8.78 Å². The summed E-state index contributed by atoms with van der Waals surface area (Å²) in [7, 11) is 0. The molecular weight excluding hydrogens is 262 g/mol. The molecule has 0 fully saturated rings. The Morgan fingerprint density at radius 2 is 1.90 bits per heavy atom. The van der Waals surface area contributed by atoms with E-state index in [0.717, 1.165) is 17.2 Å². The molecule has 1 unspecified atom stereocenters. The average molecular weight is 274 g/mol. The van der Waals surface area contributed by atoms with E-state index in [2.05, 4.69) is 0 Å². The molecule has 4 heteroatoms. The summed E-state index contributed by atoms with van der Waals surface area (Å²) >= 11 is 0. The number of Topliss-reactive ketones (excluding diaryl/α,β-unsaturated/α-hetero) is 1. The first kappa shape index (κ1) is 12.9. The Kier molecular flexibility index (Phi) is 3.32. The van der Waals surface area contributed by atoms with Crippen molar-refractivity contribution in [2.45, 2.75) is 12.5 Å². The van der Waals surface area contributed by atoms with Crippen LogP contribution in [0.2, 0.25) is 0 Å². The molecule has 2 aromatic carbocycles. The Balaban J connectivity index is 2.02. The fourth-order valence-corrected chi connectivity index (χ4v) is 2.45. The molecule has 1 heterocycles. The second-order valence-electron chi connectivity index (χ2n) is 4.67. The smallest absolute Gasteiger partial charge is 0.199 e. The van der Waals surface area contributed by atoms with Crippen LogP contribution in [0.25, 0.3) is 0 Å². The van der Waals surface area contributed by atoms with Crippen LogP contribution in [0, 0.1) is 11.6 Å². The molecule has 0 aliphatic carbocycles. The van der Waals surface area contributed by atoms with Crippen LogP contribution < -0.4 is 0 Å². The van der Waals surface area contributed by atoms with Gasteiger partial charge in [-0.15, -0.1) is 0 Å². The molecular formula is C16H12F2O2. The average Bonchev–Trinajstić information content (AvgIpc) is 2.49. The summed E-state index contributed by atoms with van der Waals surface area (Å²) in [5.41, 5.74) is 1.47. The van der Waals surface area contributed by atoms with E-state index in [0.29, 0.717) is 13.0 Å². The molecule has 0 spiro atoms. The summed E-state index contributed by atoms with van der Waals surface area (Å²) in [5.74, 6) is -2.70. The number of ether oxygens (including phenoxy) is 1. The molecule has 0 aromatic heterocycles. The molecule has 3 rings (SSSR count). The summed E-state index contributed by atoms with van der Waals surface area (Å²) in [6.45, 7) is 0.393. The first-order valence-electron chi connectivity index (χ1n) is 6.36. The molecule has 0 radical (unpaired) electrons. The fraction of sp³-hybridized carbons (Fsp3) is 0.188. The Hall–Kier alpha value is -2.07. The topological polar surface area (TPSA) is 26.3 Å². The van der Waals surface area contributed by atoms with Crippen LogP contribution in [-0.4, -0.2) is 12.4 Å². The number of carbonyl (C=O) groups excluding carboxylic acids is 1. The monoisotopic (exact) mass is 274 g/mol. The third-order valence-electron chi connectivity index (χ3n) is 3.45. The van der Waals surface area contributed by atoms with Gasteiger partial charge in [0.25, 0.3) is 0 Å². The number of halogens is 2.